The van der Waals surface area contributed by atoms with Crippen LogP contribution < -0.4 is 9.47 Å². The predicted octanol–water partition coefficient (Wildman–Crippen LogP) is 2.89. The third-order valence-corrected chi connectivity index (χ3v) is 3.33. The van der Waals surface area contributed by atoms with Crippen molar-refractivity contribution in [3.8, 4) is 22.8 Å². The first-order valence-electron chi connectivity index (χ1n) is 5.70. The summed E-state index contributed by atoms with van der Waals surface area (Å²) in [5.74, 6) is 1.56. The van der Waals surface area contributed by atoms with E-state index < -0.39 is 0 Å². The number of hydrogen-bond donors (Lipinski definition) is 1. The van der Waals surface area contributed by atoms with Gasteiger partial charge in [0.15, 0.2) is 11.5 Å². The fourth-order valence-electron chi connectivity index (χ4n) is 1.97. The zero-order valence-corrected chi connectivity index (χ0v) is 10.7. The molecule has 1 aromatic heterocycles. The van der Waals surface area contributed by atoms with Gasteiger partial charge in [-0.25, -0.2) is 4.98 Å². The summed E-state index contributed by atoms with van der Waals surface area (Å²) in [5.41, 5.74) is 2.95. The molecule has 2 heterocycles. The van der Waals surface area contributed by atoms with Crippen molar-refractivity contribution in [1.29, 1.82) is 0 Å². The highest BCUT2D eigenvalue weighted by molar-refractivity contribution is 7.71. The zero-order valence-electron chi connectivity index (χ0n) is 9.90. The van der Waals surface area contributed by atoms with Crippen LogP contribution >= 0.6 is 12.2 Å². The van der Waals surface area contributed by atoms with Gasteiger partial charge in [-0.3, -0.25) is 0 Å². The Labute approximate surface area is 110 Å². The first kappa shape index (κ1) is 11.2. The molecule has 0 saturated carbocycles. The van der Waals surface area contributed by atoms with Crippen molar-refractivity contribution in [3.63, 3.8) is 0 Å². The molecule has 0 amide bonds. The maximum Gasteiger partial charge on any atom is 0.162 e. The Hall–Kier alpha value is -1.88. The van der Waals surface area contributed by atoms with Crippen LogP contribution in [0.4, 0.5) is 0 Å². The van der Waals surface area contributed by atoms with Gasteiger partial charge in [0.2, 0.25) is 0 Å². The molecule has 4 nitrogen and oxygen atoms in total. The number of ether oxygens (including phenoxy) is 2. The van der Waals surface area contributed by atoms with Gasteiger partial charge < -0.3 is 14.5 Å². The van der Waals surface area contributed by atoms with E-state index in [1.165, 1.54) is 0 Å². The van der Waals surface area contributed by atoms with Crippen LogP contribution in [0.5, 0.6) is 11.5 Å². The van der Waals surface area contributed by atoms with E-state index in [9.17, 15) is 0 Å². The predicted molar refractivity (Wildman–Crippen MR) is 70.6 cm³/mol. The van der Waals surface area contributed by atoms with E-state index in [0.29, 0.717) is 17.9 Å². The van der Waals surface area contributed by atoms with Gasteiger partial charge >= 0.3 is 0 Å². The van der Waals surface area contributed by atoms with Crippen LogP contribution in [0.25, 0.3) is 11.3 Å². The van der Waals surface area contributed by atoms with Crippen LogP contribution in [0.15, 0.2) is 24.5 Å². The molecule has 92 valence electrons. The van der Waals surface area contributed by atoms with E-state index in [1.807, 2.05) is 25.1 Å². The number of rotatable bonds is 1. The molecule has 0 saturated heterocycles. The van der Waals surface area contributed by atoms with Gasteiger partial charge in [-0.05, 0) is 25.1 Å². The fourth-order valence-corrected chi connectivity index (χ4v) is 2.12. The summed E-state index contributed by atoms with van der Waals surface area (Å²) in [5, 5.41) is 0. The van der Waals surface area contributed by atoms with Gasteiger partial charge in [-0.1, -0.05) is 12.2 Å². The quantitative estimate of drug-likeness (QED) is 0.801. The van der Waals surface area contributed by atoms with Crippen LogP contribution in [0.2, 0.25) is 0 Å². The zero-order chi connectivity index (χ0) is 12.5. The van der Waals surface area contributed by atoms with Gasteiger partial charge in [0.05, 0.1) is 12.0 Å². The second-order valence-electron chi connectivity index (χ2n) is 4.07. The normalized spacial score (nSPS) is 13.4. The Bertz CT molecular complexity index is 652. The van der Waals surface area contributed by atoms with Crippen LogP contribution in [0.3, 0.4) is 0 Å². The average Bonchev–Trinajstić information content (AvgIpc) is 2.41. The highest BCUT2D eigenvalue weighted by Gasteiger charge is 2.13. The Morgan fingerprint density at radius 1 is 1.22 bits per heavy atom. The van der Waals surface area contributed by atoms with Crippen molar-refractivity contribution in [3.05, 3.63) is 34.7 Å². The van der Waals surface area contributed by atoms with Gasteiger partial charge in [0.1, 0.15) is 17.9 Å². The molecular weight excluding hydrogens is 248 g/mol. The van der Waals surface area contributed by atoms with Gasteiger partial charge in [-0.15, -0.1) is 0 Å². The lowest BCUT2D eigenvalue weighted by Gasteiger charge is -2.19. The molecule has 3 rings (SSSR count). The molecule has 0 spiro atoms. The first-order valence-corrected chi connectivity index (χ1v) is 6.11. The fraction of sp³-hybridized carbons (Fsp3) is 0.231. The van der Waals surface area contributed by atoms with Crippen LogP contribution in [-0.2, 0) is 0 Å². The monoisotopic (exact) mass is 260 g/mol. The lowest BCUT2D eigenvalue weighted by molar-refractivity contribution is 0.171. The number of hydrogen-bond acceptors (Lipinski definition) is 4. The van der Waals surface area contributed by atoms with E-state index in [4.69, 9.17) is 21.7 Å². The van der Waals surface area contributed by atoms with Gasteiger partial charge in [-0.2, -0.15) is 0 Å². The number of aromatic amines is 1. The Morgan fingerprint density at radius 2 is 2.00 bits per heavy atom. The summed E-state index contributed by atoms with van der Waals surface area (Å²) in [6.45, 7) is 3.14. The lowest BCUT2D eigenvalue weighted by atomic mass is 10.1. The third-order valence-electron chi connectivity index (χ3n) is 2.92. The smallest absolute Gasteiger partial charge is 0.162 e. The number of aromatic nitrogens is 2. The maximum absolute atomic E-state index is 5.58. The Balaban J connectivity index is 2.12. The van der Waals surface area contributed by atoms with Crippen molar-refractivity contribution >= 4 is 12.2 Å². The van der Waals surface area contributed by atoms with Crippen molar-refractivity contribution in [1.82, 2.24) is 9.97 Å². The van der Waals surface area contributed by atoms with E-state index in [1.54, 1.807) is 6.33 Å². The summed E-state index contributed by atoms with van der Waals surface area (Å²) in [6.07, 6.45) is 1.61. The van der Waals surface area contributed by atoms with Crippen molar-refractivity contribution in [2.75, 3.05) is 13.2 Å². The van der Waals surface area contributed by atoms with Gasteiger partial charge in [0.25, 0.3) is 0 Å². The lowest BCUT2D eigenvalue weighted by Crippen LogP contribution is -2.15. The molecule has 0 unspecified atom stereocenters. The molecule has 2 aromatic rings. The van der Waals surface area contributed by atoms with E-state index in [2.05, 4.69) is 9.97 Å². The number of benzene rings is 1. The summed E-state index contributed by atoms with van der Waals surface area (Å²) in [6, 6.07) is 5.86. The second-order valence-corrected chi connectivity index (χ2v) is 4.45. The minimum atomic E-state index is 0.585. The molecule has 18 heavy (non-hydrogen) atoms. The van der Waals surface area contributed by atoms with Crippen molar-refractivity contribution in [2.45, 2.75) is 6.92 Å². The van der Waals surface area contributed by atoms with E-state index in [-0.39, 0.29) is 0 Å². The SMILES string of the molecule is Cc1c(-c2ccc3c(c2)OCCO3)[nH]cnc1=S. The molecular formula is C13H12N2O2S. The molecule has 1 N–H and O–H groups in total. The summed E-state index contributed by atoms with van der Waals surface area (Å²) < 4.78 is 11.7. The van der Waals surface area contributed by atoms with E-state index >= 15 is 0 Å². The average molecular weight is 260 g/mol. The largest absolute Gasteiger partial charge is 0.486 e. The number of H-pyrrole nitrogens is 1. The molecule has 0 radical (unpaired) electrons. The topological polar surface area (TPSA) is 47.1 Å². The number of nitrogens with one attached hydrogen (secondary N) is 1. The maximum atomic E-state index is 5.58. The van der Waals surface area contributed by atoms with Crippen LogP contribution in [-0.4, -0.2) is 23.2 Å². The Kier molecular flexibility index (Phi) is 2.76. The van der Waals surface area contributed by atoms with Gasteiger partial charge in [0, 0.05) is 11.1 Å². The van der Waals surface area contributed by atoms with Crippen molar-refractivity contribution < 1.29 is 9.47 Å². The summed E-state index contributed by atoms with van der Waals surface area (Å²) >= 11 is 5.17. The van der Waals surface area contributed by atoms with Crippen LogP contribution in [0.1, 0.15) is 5.56 Å². The summed E-state index contributed by atoms with van der Waals surface area (Å²) in [7, 11) is 0. The molecule has 1 aliphatic rings. The minimum absolute atomic E-state index is 0.585. The molecule has 1 aliphatic heterocycles. The molecule has 0 fully saturated rings. The highest BCUT2D eigenvalue weighted by atomic mass is 32.1. The number of nitrogens with zero attached hydrogens (tertiary/aromatic N) is 1. The highest BCUT2D eigenvalue weighted by Crippen LogP contribution is 2.34. The second kappa shape index (κ2) is 4.42. The number of fused-ring (bicyclic) bond motifs is 1. The van der Waals surface area contributed by atoms with E-state index in [0.717, 1.165) is 28.3 Å². The standard InChI is InChI=1S/C13H12N2O2S/c1-8-12(14-7-15-13(8)18)9-2-3-10-11(6-9)17-5-4-16-10/h2-3,6-7H,4-5H2,1H3,(H,14,15,18). The Morgan fingerprint density at radius 3 is 2.83 bits per heavy atom. The summed E-state index contributed by atoms with van der Waals surface area (Å²) in [4.78, 5) is 7.18. The molecule has 5 heteroatoms. The molecule has 1 aromatic carbocycles. The minimum Gasteiger partial charge on any atom is -0.486 e. The molecule has 0 aliphatic carbocycles. The van der Waals surface area contributed by atoms with Crippen LogP contribution in [0, 0.1) is 11.6 Å². The molecule has 0 bridgehead atoms. The first-order chi connectivity index (χ1) is 8.75. The van der Waals surface area contributed by atoms with Crippen molar-refractivity contribution in [2.24, 2.45) is 0 Å². The third kappa shape index (κ3) is 1.86. The molecule has 0 atom stereocenters.